The molecule has 0 saturated carbocycles. The Bertz CT molecular complexity index is 604. The first kappa shape index (κ1) is 12.4. The third kappa shape index (κ3) is 2.81. The lowest BCUT2D eigenvalue weighted by Crippen LogP contribution is -2.14. The maximum Gasteiger partial charge on any atom is 0.274 e. The summed E-state index contributed by atoms with van der Waals surface area (Å²) in [5.74, 6) is -1.89. The number of nitrogens with zero attached hydrogens (tertiary/aromatic N) is 1. The standard InChI is InChI=1S/C12H7ClF2N2O/c13-8-6-7(14)4-5-9(8)17-12(18)10-2-1-3-11(15)16-10/h1-6H,(H,17,18). The highest BCUT2D eigenvalue weighted by molar-refractivity contribution is 6.33. The Labute approximate surface area is 106 Å². The Kier molecular flexibility index (Phi) is 3.53. The Balaban J connectivity index is 2.21. The van der Waals surface area contributed by atoms with Crippen LogP contribution in [0.2, 0.25) is 5.02 Å². The van der Waals surface area contributed by atoms with Gasteiger partial charge in [0.25, 0.3) is 5.91 Å². The third-order valence-electron chi connectivity index (χ3n) is 2.13. The van der Waals surface area contributed by atoms with Crippen LogP contribution in [-0.2, 0) is 0 Å². The molecule has 1 N–H and O–H groups in total. The van der Waals surface area contributed by atoms with Gasteiger partial charge >= 0.3 is 0 Å². The van der Waals surface area contributed by atoms with Crippen molar-refractivity contribution in [1.29, 1.82) is 0 Å². The van der Waals surface area contributed by atoms with Gasteiger partial charge in [0.2, 0.25) is 5.95 Å². The lowest BCUT2D eigenvalue weighted by molar-refractivity contribution is 0.102. The van der Waals surface area contributed by atoms with Crippen molar-refractivity contribution < 1.29 is 13.6 Å². The van der Waals surface area contributed by atoms with E-state index < -0.39 is 17.7 Å². The number of halogens is 3. The minimum absolute atomic E-state index is 0.0553. The number of rotatable bonds is 2. The molecule has 0 saturated heterocycles. The summed E-state index contributed by atoms with van der Waals surface area (Å²) in [6.07, 6.45) is 0. The number of pyridine rings is 1. The van der Waals surface area contributed by atoms with E-state index in [1.54, 1.807) is 0 Å². The molecule has 0 aliphatic heterocycles. The van der Waals surface area contributed by atoms with Gasteiger partial charge in [-0.3, -0.25) is 4.79 Å². The molecule has 0 aliphatic rings. The molecule has 0 atom stereocenters. The lowest BCUT2D eigenvalue weighted by atomic mass is 10.3. The number of carbonyl (C=O) groups is 1. The number of anilines is 1. The third-order valence-corrected chi connectivity index (χ3v) is 2.44. The van der Waals surface area contributed by atoms with E-state index in [2.05, 4.69) is 10.3 Å². The van der Waals surface area contributed by atoms with Crippen molar-refractivity contribution in [3.63, 3.8) is 0 Å². The smallest absolute Gasteiger partial charge is 0.274 e. The molecule has 1 aromatic carbocycles. The fourth-order valence-electron chi connectivity index (χ4n) is 1.31. The average molecular weight is 269 g/mol. The van der Waals surface area contributed by atoms with Gasteiger partial charge in [0.15, 0.2) is 0 Å². The van der Waals surface area contributed by atoms with E-state index in [0.717, 1.165) is 18.2 Å². The van der Waals surface area contributed by atoms with E-state index in [1.165, 1.54) is 18.2 Å². The van der Waals surface area contributed by atoms with Gasteiger partial charge in [-0.25, -0.2) is 9.37 Å². The van der Waals surface area contributed by atoms with E-state index in [-0.39, 0.29) is 16.4 Å². The van der Waals surface area contributed by atoms with Crippen molar-refractivity contribution in [2.24, 2.45) is 0 Å². The number of amides is 1. The van der Waals surface area contributed by atoms with Crippen LogP contribution in [0.4, 0.5) is 14.5 Å². The molecule has 2 aromatic rings. The SMILES string of the molecule is O=C(Nc1ccc(F)cc1Cl)c1cccc(F)n1. The number of nitrogens with one attached hydrogen (secondary N) is 1. The predicted octanol–water partition coefficient (Wildman–Crippen LogP) is 3.27. The van der Waals surface area contributed by atoms with E-state index in [1.807, 2.05) is 0 Å². The fraction of sp³-hybridized carbons (Fsp3) is 0. The van der Waals surface area contributed by atoms with Crippen molar-refractivity contribution in [1.82, 2.24) is 4.98 Å². The monoisotopic (exact) mass is 268 g/mol. The zero-order valence-corrected chi connectivity index (χ0v) is 9.71. The number of carbonyl (C=O) groups excluding carboxylic acids is 1. The molecule has 0 spiro atoms. The number of hydrogen-bond acceptors (Lipinski definition) is 2. The summed E-state index contributed by atoms with van der Waals surface area (Å²) in [4.78, 5) is 15.1. The van der Waals surface area contributed by atoms with Gasteiger partial charge in [0.1, 0.15) is 11.5 Å². The highest BCUT2D eigenvalue weighted by Gasteiger charge is 2.10. The molecule has 3 nitrogen and oxygen atoms in total. The second-order valence-corrected chi connectivity index (χ2v) is 3.83. The number of benzene rings is 1. The molecule has 1 aromatic heterocycles. The summed E-state index contributed by atoms with van der Waals surface area (Å²) in [5, 5.41) is 2.47. The maximum absolute atomic E-state index is 12.8. The van der Waals surface area contributed by atoms with Crippen LogP contribution in [0.5, 0.6) is 0 Å². The van der Waals surface area contributed by atoms with Crippen molar-refractivity contribution >= 4 is 23.2 Å². The van der Waals surface area contributed by atoms with Crippen LogP contribution in [0.15, 0.2) is 36.4 Å². The molecule has 1 amide bonds. The highest BCUT2D eigenvalue weighted by atomic mass is 35.5. The van der Waals surface area contributed by atoms with E-state index in [4.69, 9.17) is 11.6 Å². The molecule has 0 fully saturated rings. The number of hydrogen-bond donors (Lipinski definition) is 1. The van der Waals surface area contributed by atoms with Gasteiger partial charge in [-0.1, -0.05) is 17.7 Å². The molecule has 6 heteroatoms. The normalized spacial score (nSPS) is 10.2. The summed E-state index contributed by atoms with van der Waals surface area (Å²) >= 11 is 5.74. The van der Waals surface area contributed by atoms with Crippen LogP contribution in [0.25, 0.3) is 0 Å². The fourth-order valence-corrected chi connectivity index (χ4v) is 1.53. The van der Waals surface area contributed by atoms with E-state index in [9.17, 15) is 13.6 Å². The Morgan fingerprint density at radius 1 is 1.22 bits per heavy atom. The van der Waals surface area contributed by atoms with Crippen molar-refractivity contribution in [3.8, 4) is 0 Å². The van der Waals surface area contributed by atoms with Gasteiger partial charge in [-0.05, 0) is 30.3 Å². The van der Waals surface area contributed by atoms with Crippen molar-refractivity contribution in [3.05, 3.63) is 58.9 Å². The summed E-state index contributed by atoms with van der Waals surface area (Å²) in [5.41, 5.74) is 0.143. The summed E-state index contributed by atoms with van der Waals surface area (Å²) < 4.78 is 25.6. The molecular formula is C12H7ClF2N2O. The minimum Gasteiger partial charge on any atom is -0.319 e. The second kappa shape index (κ2) is 5.10. The molecule has 0 radical (unpaired) electrons. The second-order valence-electron chi connectivity index (χ2n) is 3.42. The molecule has 0 aliphatic carbocycles. The first-order valence-electron chi connectivity index (χ1n) is 4.95. The van der Waals surface area contributed by atoms with Crippen LogP contribution >= 0.6 is 11.6 Å². The Morgan fingerprint density at radius 3 is 2.67 bits per heavy atom. The maximum atomic E-state index is 12.8. The Morgan fingerprint density at radius 2 is 2.00 bits per heavy atom. The zero-order chi connectivity index (χ0) is 13.1. The minimum atomic E-state index is -0.757. The Hall–Kier alpha value is -2.01. The largest absolute Gasteiger partial charge is 0.319 e. The van der Waals surface area contributed by atoms with Crippen molar-refractivity contribution in [2.45, 2.75) is 0 Å². The van der Waals surface area contributed by atoms with E-state index >= 15 is 0 Å². The summed E-state index contributed by atoms with van der Waals surface area (Å²) in [6.45, 7) is 0. The van der Waals surface area contributed by atoms with Crippen LogP contribution in [0.1, 0.15) is 10.5 Å². The molecule has 0 bridgehead atoms. The molecule has 92 valence electrons. The van der Waals surface area contributed by atoms with Gasteiger partial charge in [0, 0.05) is 0 Å². The van der Waals surface area contributed by atoms with Crippen molar-refractivity contribution in [2.75, 3.05) is 5.32 Å². The molecule has 0 unspecified atom stereocenters. The highest BCUT2D eigenvalue weighted by Crippen LogP contribution is 2.22. The van der Waals surface area contributed by atoms with Gasteiger partial charge in [-0.15, -0.1) is 0 Å². The first-order valence-corrected chi connectivity index (χ1v) is 5.33. The predicted molar refractivity (Wildman–Crippen MR) is 63.6 cm³/mol. The quantitative estimate of drug-likeness (QED) is 0.850. The average Bonchev–Trinajstić information content (AvgIpc) is 2.32. The van der Waals surface area contributed by atoms with Crippen LogP contribution in [-0.4, -0.2) is 10.9 Å². The van der Waals surface area contributed by atoms with Crippen LogP contribution in [0, 0.1) is 11.8 Å². The van der Waals surface area contributed by atoms with Gasteiger partial charge in [-0.2, -0.15) is 4.39 Å². The molecule has 1 heterocycles. The van der Waals surface area contributed by atoms with Gasteiger partial charge < -0.3 is 5.32 Å². The van der Waals surface area contributed by atoms with E-state index in [0.29, 0.717) is 0 Å². The summed E-state index contributed by atoms with van der Waals surface area (Å²) in [6, 6.07) is 7.38. The topological polar surface area (TPSA) is 42.0 Å². The molecule has 2 rings (SSSR count). The first-order chi connectivity index (χ1) is 8.56. The molecular weight excluding hydrogens is 262 g/mol. The zero-order valence-electron chi connectivity index (χ0n) is 8.95. The molecule has 18 heavy (non-hydrogen) atoms. The number of aromatic nitrogens is 1. The lowest BCUT2D eigenvalue weighted by Gasteiger charge is -2.06. The van der Waals surface area contributed by atoms with Crippen LogP contribution < -0.4 is 5.32 Å². The summed E-state index contributed by atoms with van der Waals surface area (Å²) in [7, 11) is 0. The van der Waals surface area contributed by atoms with Crippen LogP contribution in [0.3, 0.4) is 0 Å². The van der Waals surface area contributed by atoms with Gasteiger partial charge in [0.05, 0.1) is 10.7 Å².